The van der Waals surface area contributed by atoms with Crippen molar-refractivity contribution < 1.29 is 13.2 Å². The summed E-state index contributed by atoms with van der Waals surface area (Å²) in [7, 11) is -3.23. The Morgan fingerprint density at radius 3 is 2.94 bits per heavy atom. The summed E-state index contributed by atoms with van der Waals surface area (Å²) in [5.74, 6) is -0.145. The first kappa shape index (κ1) is 12.9. The van der Waals surface area contributed by atoms with Crippen LogP contribution in [0.25, 0.3) is 0 Å². The highest BCUT2D eigenvalue weighted by atomic mass is 32.2. The van der Waals surface area contributed by atoms with Gasteiger partial charge in [-0.05, 0) is 10.4 Å². The molecule has 0 unspecified atom stereocenters. The maximum atomic E-state index is 11.9. The van der Waals surface area contributed by atoms with E-state index in [-0.39, 0.29) is 31.2 Å². The number of tetrazole rings is 1. The molecule has 1 aliphatic rings. The molecule has 0 radical (unpaired) electrons. The number of aryl methyl sites for hydroxylation is 1. The Labute approximate surface area is 104 Å². The van der Waals surface area contributed by atoms with Crippen molar-refractivity contribution in [1.82, 2.24) is 29.8 Å². The van der Waals surface area contributed by atoms with Gasteiger partial charge in [-0.25, -0.2) is 17.8 Å². The van der Waals surface area contributed by atoms with Crippen LogP contribution in [0, 0.1) is 0 Å². The van der Waals surface area contributed by atoms with Crippen molar-refractivity contribution in [2.75, 3.05) is 25.4 Å². The Morgan fingerprint density at radius 1 is 1.39 bits per heavy atom. The number of rotatable bonds is 3. The van der Waals surface area contributed by atoms with Crippen molar-refractivity contribution in [3.05, 3.63) is 6.33 Å². The van der Waals surface area contributed by atoms with Crippen LogP contribution >= 0.6 is 0 Å². The van der Waals surface area contributed by atoms with Gasteiger partial charge < -0.3 is 4.90 Å². The Balaban J connectivity index is 1.85. The number of sulfonamides is 1. The molecule has 18 heavy (non-hydrogen) atoms. The molecule has 0 bridgehead atoms. The summed E-state index contributed by atoms with van der Waals surface area (Å²) in [6, 6.07) is 0. The van der Waals surface area contributed by atoms with E-state index in [1.54, 1.807) is 4.90 Å². The van der Waals surface area contributed by atoms with Crippen LogP contribution in [-0.2, 0) is 21.4 Å². The Bertz CT molecular complexity index is 499. The van der Waals surface area contributed by atoms with Crippen LogP contribution in [0.1, 0.15) is 6.42 Å². The number of carbonyl (C=O) groups is 1. The number of aromatic nitrogens is 4. The molecule has 1 amide bonds. The molecule has 1 aliphatic heterocycles. The number of nitrogens with zero attached hydrogens (tertiary/aromatic N) is 5. The normalized spacial score (nSPS) is 19.4. The molecular weight excluding hydrogens is 260 g/mol. The zero-order chi connectivity index (χ0) is 13.0. The van der Waals surface area contributed by atoms with E-state index in [9.17, 15) is 13.2 Å². The fraction of sp³-hybridized carbons (Fsp3) is 0.750. The van der Waals surface area contributed by atoms with E-state index in [0.29, 0.717) is 13.1 Å². The van der Waals surface area contributed by atoms with Gasteiger partial charge in [0.15, 0.2) is 0 Å². The van der Waals surface area contributed by atoms with Gasteiger partial charge in [-0.1, -0.05) is 0 Å². The molecule has 0 aromatic carbocycles. The van der Waals surface area contributed by atoms with Gasteiger partial charge in [-0.3, -0.25) is 4.79 Å². The molecule has 2 heterocycles. The van der Waals surface area contributed by atoms with Crippen molar-refractivity contribution in [2.24, 2.45) is 0 Å². The predicted octanol–water partition coefficient (Wildman–Crippen LogP) is -2.18. The highest BCUT2D eigenvalue weighted by Crippen LogP contribution is 2.01. The van der Waals surface area contributed by atoms with Crippen LogP contribution in [0.2, 0.25) is 0 Å². The van der Waals surface area contributed by atoms with Gasteiger partial charge >= 0.3 is 0 Å². The highest BCUT2D eigenvalue weighted by Gasteiger charge is 2.21. The first-order valence-corrected chi connectivity index (χ1v) is 7.18. The van der Waals surface area contributed by atoms with E-state index < -0.39 is 10.0 Å². The minimum Gasteiger partial charge on any atom is -0.340 e. The Kier molecular flexibility index (Phi) is 3.87. The number of carbonyl (C=O) groups excluding carboxylic acids is 1. The molecule has 1 fully saturated rings. The standard InChI is InChI=1S/C8H14N6O3S/c15-8(1-3-14-7-9-11-12-14)13-4-2-10-18(16,17)6-5-13/h7,10H,1-6H2. The molecule has 0 spiro atoms. The average molecular weight is 274 g/mol. The molecule has 100 valence electrons. The molecule has 1 aromatic heterocycles. The lowest BCUT2D eigenvalue weighted by molar-refractivity contribution is -0.131. The summed E-state index contributed by atoms with van der Waals surface area (Å²) in [4.78, 5) is 13.4. The summed E-state index contributed by atoms with van der Waals surface area (Å²) < 4.78 is 26.5. The van der Waals surface area contributed by atoms with Crippen LogP contribution in [0.5, 0.6) is 0 Å². The van der Waals surface area contributed by atoms with Gasteiger partial charge in [0.2, 0.25) is 15.9 Å². The molecular formula is C8H14N6O3S. The van der Waals surface area contributed by atoms with Crippen LogP contribution < -0.4 is 4.72 Å². The van der Waals surface area contributed by atoms with Gasteiger partial charge in [-0.15, -0.1) is 5.10 Å². The van der Waals surface area contributed by atoms with Crippen LogP contribution in [0.15, 0.2) is 6.33 Å². The molecule has 1 saturated heterocycles. The van der Waals surface area contributed by atoms with E-state index in [1.165, 1.54) is 11.0 Å². The summed E-state index contributed by atoms with van der Waals surface area (Å²) in [5, 5.41) is 10.6. The number of hydrogen-bond donors (Lipinski definition) is 1. The van der Waals surface area contributed by atoms with Crippen molar-refractivity contribution in [2.45, 2.75) is 13.0 Å². The van der Waals surface area contributed by atoms with E-state index in [4.69, 9.17) is 0 Å². The maximum Gasteiger partial charge on any atom is 0.224 e. The van der Waals surface area contributed by atoms with Crippen LogP contribution in [0.4, 0.5) is 0 Å². The fourth-order valence-corrected chi connectivity index (χ4v) is 2.66. The van der Waals surface area contributed by atoms with Gasteiger partial charge in [-0.2, -0.15) is 0 Å². The smallest absolute Gasteiger partial charge is 0.224 e. The Hall–Kier alpha value is -1.55. The summed E-state index contributed by atoms with van der Waals surface area (Å²) in [6.07, 6.45) is 1.69. The van der Waals surface area contributed by atoms with Gasteiger partial charge in [0.05, 0.1) is 12.3 Å². The van der Waals surface area contributed by atoms with Crippen molar-refractivity contribution in [1.29, 1.82) is 0 Å². The zero-order valence-corrected chi connectivity index (χ0v) is 10.5. The highest BCUT2D eigenvalue weighted by molar-refractivity contribution is 7.89. The fourth-order valence-electron chi connectivity index (χ4n) is 1.65. The van der Waals surface area contributed by atoms with Crippen LogP contribution in [0.3, 0.4) is 0 Å². The lowest BCUT2D eigenvalue weighted by Crippen LogP contribution is -2.35. The topological polar surface area (TPSA) is 110 Å². The second-order valence-electron chi connectivity index (χ2n) is 3.92. The number of hydrogen-bond acceptors (Lipinski definition) is 6. The first-order valence-electron chi connectivity index (χ1n) is 5.53. The number of amides is 1. The second-order valence-corrected chi connectivity index (χ2v) is 5.84. The lowest BCUT2D eigenvalue weighted by atomic mass is 10.3. The molecule has 0 aliphatic carbocycles. The van der Waals surface area contributed by atoms with E-state index in [0.717, 1.165) is 0 Å². The van der Waals surface area contributed by atoms with E-state index in [1.807, 2.05) is 0 Å². The first-order chi connectivity index (χ1) is 8.57. The van der Waals surface area contributed by atoms with Crippen molar-refractivity contribution in [3.63, 3.8) is 0 Å². The molecule has 10 heteroatoms. The minimum atomic E-state index is -3.23. The summed E-state index contributed by atoms with van der Waals surface area (Å²) >= 11 is 0. The molecule has 1 N–H and O–H groups in total. The SMILES string of the molecule is O=C(CCn1cnnn1)N1CCNS(=O)(=O)CC1. The number of nitrogens with one attached hydrogen (secondary N) is 1. The quantitative estimate of drug-likeness (QED) is 0.671. The van der Waals surface area contributed by atoms with Crippen LogP contribution in [-0.4, -0.2) is 64.8 Å². The molecule has 9 nitrogen and oxygen atoms in total. The monoisotopic (exact) mass is 274 g/mol. The van der Waals surface area contributed by atoms with E-state index >= 15 is 0 Å². The van der Waals surface area contributed by atoms with Gasteiger partial charge in [0.25, 0.3) is 0 Å². The van der Waals surface area contributed by atoms with E-state index in [2.05, 4.69) is 20.2 Å². The third-order valence-electron chi connectivity index (χ3n) is 2.63. The third-order valence-corrected chi connectivity index (χ3v) is 4.00. The molecule has 0 saturated carbocycles. The molecule has 0 atom stereocenters. The second kappa shape index (κ2) is 5.40. The molecule has 2 rings (SSSR count). The summed E-state index contributed by atoms with van der Waals surface area (Å²) in [6.45, 7) is 1.28. The average Bonchev–Trinajstić information content (AvgIpc) is 2.77. The van der Waals surface area contributed by atoms with Crippen molar-refractivity contribution in [3.8, 4) is 0 Å². The summed E-state index contributed by atoms with van der Waals surface area (Å²) in [5.41, 5.74) is 0. The molecule has 1 aromatic rings. The largest absolute Gasteiger partial charge is 0.340 e. The Morgan fingerprint density at radius 2 is 2.22 bits per heavy atom. The minimum absolute atomic E-state index is 0.0520. The maximum absolute atomic E-state index is 11.9. The van der Waals surface area contributed by atoms with Gasteiger partial charge in [0, 0.05) is 26.1 Å². The van der Waals surface area contributed by atoms with Crippen molar-refractivity contribution >= 4 is 15.9 Å². The lowest BCUT2D eigenvalue weighted by Gasteiger charge is -2.18. The predicted molar refractivity (Wildman–Crippen MR) is 60.8 cm³/mol. The zero-order valence-electron chi connectivity index (χ0n) is 9.69. The van der Waals surface area contributed by atoms with Gasteiger partial charge in [0.1, 0.15) is 6.33 Å². The third kappa shape index (κ3) is 3.47.